The Morgan fingerprint density at radius 1 is 1.00 bits per heavy atom. The summed E-state index contributed by atoms with van der Waals surface area (Å²) in [5.74, 6) is 0. The fourth-order valence-corrected chi connectivity index (χ4v) is 0. The van der Waals surface area contributed by atoms with E-state index < -0.39 is 0 Å². The van der Waals surface area contributed by atoms with Crippen molar-refractivity contribution in [3.05, 3.63) is 6.92 Å². The van der Waals surface area contributed by atoms with Crippen LogP contribution < -0.4 is 0 Å². The molecule has 0 radical (unpaired) electrons. The van der Waals surface area contributed by atoms with Crippen molar-refractivity contribution in [1.29, 1.82) is 0 Å². The first kappa shape index (κ1) is 29.6. The van der Waals surface area contributed by atoms with Gasteiger partial charge in [-0.05, 0) is 13.8 Å². The molecule has 0 atom stereocenters. The van der Waals surface area contributed by atoms with Gasteiger partial charge in [-0.25, -0.2) is 0 Å². The Kier molecular flexibility index (Phi) is 184. The van der Waals surface area contributed by atoms with E-state index in [1.54, 1.807) is 13.8 Å². The first-order chi connectivity index (χ1) is 4.24. The number of aliphatic hydroxyl groups is 2. The van der Waals surface area contributed by atoms with Crippen LogP contribution in [0.3, 0.4) is 0 Å². The summed E-state index contributed by atoms with van der Waals surface area (Å²) < 4.78 is 0. The van der Waals surface area contributed by atoms with Crippen LogP contribution in [0.5, 0.6) is 0 Å². The number of rotatable bonds is 0. The molecule has 0 unspecified atom stereocenters. The van der Waals surface area contributed by atoms with E-state index in [0.717, 1.165) is 6.42 Å². The Hall–Kier alpha value is 1.02. The van der Waals surface area contributed by atoms with E-state index in [-0.39, 0.29) is 49.7 Å². The van der Waals surface area contributed by atoms with E-state index in [9.17, 15) is 0 Å². The molecule has 0 aromatic rings. The molecule has 0 aromatic carbocycles. The molecule has 2 N–H and O–H groups in total. The van der Waals surface area contributed by atoms with E-state index >= 15 is 0 Å². The van der Waals surface area contributed by atoms with Gasteiger partial charge in [0, 0.05) is 32.7 Å². The van der Waals surface area contributed by atoms with Gasteiger partial charge >= 0.3 is 0 Å². The second kappa shape index (κ2) is 68.4. The molecule has 0 spiro atoms. The fourth-order valence-electron chi connectivity index (χ4n) is 0. The van der Waals surface area contributed by atoms with Crippen LogP contribution in [0.2, 0.25) is 0 Å². The van der Waals surface area contributed by atoms with Crippen molar-refractivity contribution in [3.8, 4) is 0 Å². The number of halogens is 1. The van der Waals surface area contributed by atoms with Gasteiger partial charge in [0.25, 0.3) is 0 Å². The smallest absolute Gasteiger partial charge is 0.0402 e. The van der Waals surface area contributed by atoms with Crippen molar-refractivity contribution in [2.45, 2.75) is 27.2 Å². The molecule has 0 amide bonds. The number of aliphatic hydroxyl groups excluding tert-OH is 2. The Labute approximate surface area is 93.9 Å². The van der Waals surface area contributed by atoms with Crippen LogP contribution in [-0.4, -0.2) is 23.4 Å². The Morgan fingerprint density at radius 3 is 1.00 bits per heavy atom. The minimum absolute atomic E-state index is 0. The van der Waals surface area contributed by atoms with Crippen molar-refractivity contribution >= 4 is 17.0 Å². The number of hydrogen-bond acceptors (Lipinski definition) is 2. The first-order valence-electron chi connectivity index (χ1n) is 3.25. The maximum absolute atomic E-state index is 7.57. The molecule has 0 aliphatic heterocycles. The molecular formula is C7H20BrO2Zn-. The largest absolute Gasteiger partial charge is 0.397 e. The van der Waals surface area contributed by atoms with E-state index in [1.165, 1.54) is 0 Å². The molecule has 0 aliphatic rings. The third-order valence-electron chi connectivity index (χ3n) is 0. The predicted octanol–water partition coefficient (Wildman–Crippen LogP) is 1.80. The monoisotopic (exact) mass is 279 g/mol. The molecule has 2 nitrogen and oxygen atoms in total. The Bertz CT molecular complexity index is 21.2. The van der Waals surface area contributed by atoms with Gasteiger partial charge in [0.15, 0.2) is 0 Å². The summed E-state index contributed by atoms with van der Waals surface area (Å²) in [6, 6.07) is 0. The average molecular weight is 282 g/mol. The van der Waals surface area contributed by atoms with Crippen molar-refractivity contribution < 1.29 is 29.7 Å². The van der Waals surface area contributed by atoms with E-state index in [1.807, 2.05) is 6.92 Å². The second-order valence-corrected chi connectivity index (χ2v) is 1.13. The van der Waals surface area contributed by atoms with Crippen LogP contribution in [0, 0.1) is 6.92 Å². The van der Waals surface area contributed by atoms with Gasteiger partial charge in [-0.2, -0.15) is 6.42 Å². The van der Waals surface area contributed by atoms with Crippen molar-refractivity contribution in [3.63, 3.8) is 0 Å². The molecule has 4 heteroatoms. The maximum Gasteiger partial charge on any atom is 0.0402 e. The zero-order chi connectivity index (χ0) is 8.12. The standard InChI is InChI=1S/C3H7.2C2H6O.BrH.Zn/c1-3-2;2*1-2-3;;/h1,3H2,2H3;2*3H,2H2,1H3;1H;/q-1;;;;. The van der Waals surface area contributed by atoms with Crippen LogP contribution >= 0.6 is 17.0 Å². The molecule has 0 rings (SSSR count). The summed E-state index contributed by atoms with van der Waals surface area (Å²) in [5, 5.41) is 15.1. The van der Waals surface area contributed by atoms with Gasteiger partial charge < -0.3 is 17.1 Å². The van der Waals surface area contributed by atoms with Gasteiger partial charge in [0.05, 0.1) is 0 Å². The molecule has 0 saturated heterocycles. The zero-order valence-corrected chi connectivity index (χ0v) is 12.5. The van der Waals surface area contributed by atoms with Gasteiger partial charge in [0.2, 0.25) is 0 Å². The van der Waals surface area contributed by atoms with Crippen LogP contribution in [0.25, 0.3) is 0 Å². The maximum atomic E-state index is 7.57. The van der Waals surface area contributed by atoms with Crippen molar-refractivity contribution in [1.82, 2.24) is 0 Å². The van der Waals surface area contributed by atoms with Crippen molar-refractivity contribution in [2.75, 3.05) is 13.2 Å². The molecule has 0 bridgehead atoms. The quantitative estimate of drug-likeness (QED) is 0.525. The van der Waals surface area contributed by atoms with Gasteiger partial charge in [-0.15, -0.1) is 17.0 Å². The molecule has 11 heavy (non-hydrogen) atoms. The molecule has 0 saturated carbocycles. The summed E-state index contributed by atoms with van der Waals surface area (Å²) in [6.07, 6.45) is 1.00. The van der Waals surface area contributed by atoms with Gasteiger partial charge in [-0.1, -0.05) is 6.92 Å². The summed E-state index contributed by atoms with van der Waals surface area (Å²) in [4.78, 5) is 0. The second-order valence-electron chi connectivity index (χ2n) is 1.13. The Morgan fingerprint density at radius 2 is 1.00 bits per heavy atom. The van der Waals surface area contributed by atoms with E-state index in [0.29, 0.717) is 0 Å². The van der Waals surface area contributed by atoms with Gasteiger partial charge in [-0.3, -0.25) is 0 Å². The van der Waals surface area contributed by atoms with E-state index in [4.69, 9.17) is 10.2 Å². The third kappa shape index (κ3) is 857. The molecule has 0 aliphatic carbocycles. The first-order valence-corrected chi connectivity index (χ1v) is 3.25. The van der Waals surface area contributed by atoms with Crippen LogP contribution in [0.15, 0.2) is 0 Å². The van der Waals surface area contributed by atoms with Crippen LogP contribution in [0.4, 0.5) is 0 Å². The van der Waals surface area contributed by atoms with Gasteiger partial charge in [0.1, 0.15) is 0 Å². The minimum atomic E-state index is 0. The molecular weight excluding hydrogens is 261 g/mol. The predicted molar refractivity (Wildman–Crippen MR) is 51.5 cm³/mol. The summed E-state index contributed by atoms with van der Waals surface area (Å²) in [5.41, 5.74) is 0. The SMILES string of the molecule is Br.CCO.CCO.[CH2-]CC.[Zn]. The Balaban J connectivity index is -0.0000000150. The third-order valence-corrected chi connectivity index (χ3v) is 0. The summed E-state index contributed by atoms with van der Waals surface area (Å²) >= 11 is 0. The molecule has 0 fully saturated rings. The van der Waals surface area contributed by atoms with Crippen LogP contribution in [0.1, 0.15) is 27.2 Å². The minimum Gasteiger partial charge on any atom is -0.397 e. The van der Waals surface area contributed by atoms with E-state index in [2.05, 4.69) is 6.92 Å². The zero-order valence-electron chi connectivity index (χ0n) is 7.84. The molecule has 70 valence electrons. The van der Waals surface area contributed by atoms with Crippen LogP contribution in [-0.2, 0) is 19.5 Å². The normalized spacial score (nSPS) is 4.91. The van der Waals surface area contributed by atoms with Crippen molar-refractivity contribution in [2.24, 2.45) is 0 Å². The molecule has 0 heterocycles. The number of hydrogen-bond donors (Lipinski definition) is 2. The summed E-state index contributed by atoms with van der Waals surface area (Å²) in [6.45, 7) is 9.36. The summed E-state index contributed by atoms with van der Waals surface area (Å²) in [7, 11) is 0. The molecule has 0 aromatic heterocycles. The topological polar surface area (TPSA) is 40.5 Å². The average Bonchev–Trinajstić information content (AvgIpc) is 1.70. The fraction of sp³-hybridized carbons (Fsp3) is 0.857.